The van der Waals surface area contributed by atoms with Crippen LogP contribution >= 0.6 is 0 Å². The van der Waals surface area contributed by atoms with Crippen molar-refractivity contribution in [1.82, 2.24) is 0 Å². The van der Waals surface area contributed by atoms with Crippen LogP contribution in [0.5, 0.6) is 23.0 Å². The third kappa shape index (κ3) is 14.2. The van der Waals surface area contributed by atoms with E-state index in [-0.39, 0.29) is 43.5 Å². The molecule has 0 aliphatic heterocycles. The second-order valence-corrected chi connectivity index (χ2v) is 13.1. The van der Waals surface area contributed by atoms with Crippen molar-refractivity contribution in [2.24, 2.45) is 11.8 Å². The standard InChI is InChI=1S/C42H50O15/c1-24(43)52-14-10-11-30-17-35(41(56-28(5)47)39(20-30)50-8)36-18-32(21-40(51-9)42(36)57-29(6)48)16-34(23-54-26(3)45)33(22-53-25(2)44)15-31-12-13-37(55-27(4)46)38(19-31)49-7/h10-13,17-21,33-34,39,41H,14-16,22-23H2,1-9H3. The molecule has 308 valence electrons. The second kappa shape index (κ2) is 22.0. The summed E-state index contributed by atoms with van der Waals surface area (Å²) in [5.74, 6) is -3.42. The van der Waals surface area contributed by atoms with Crippen molar-refractivity contribution in [3.8, 4) is 23.0 Å². The van der Waals surface area contributed by atoms with Gasteiger partial charge < -0.3 is 42.6 Å². The lowest BCUT2D eigenvalue weighted by atomic mass is 9.82. The summed E-state index contributed by atoms with van der Waals surface area (Å²) in [4.78, 5) is 72.3. The quantitative estimate of drug-likeness (QED) is 0.104. The van der Waals surface area contributed by atoms with E-state index >= 15 is 0 Å². The van der Waals surface area contributed by atoms with E-state index in [9.17, 15) is 28.8 Å². The molecular formula is C42H50O15. The third-order valence-electron chi connectivity index (χ3n) is 8.58. The smallest absolute Gasteiger partial charge is 0.308 e. The Morgan fingerprint density at radius 2 is 1.23 bits per heavy atom. The fourth-order valence-electron chi connectivity index (χ4n) is 6.20. The molecule has 1 aliphatic rings. The first kappa shape index (κ1) is 45.4. The van der Waals surface area contributed by atoms with E-state index in [1.165, 1.54) is 62.9 Å². The minimum Gasteiger partial charge on any atom is -0.493 e. The Morgan fingerprint density at radius 3 is 1.75 bits per heavy atom. The van der Waals surface area contributed by atoms with Crippen molar-refractivity contribution in [2.45, 2.75) is 66.6 Å². The van der Waals surface area contributed by atoms with Crippen LogP contribution in [0, 0.1) is 11.8 Å². The molecule has 2 aromatic carbocycles. The van der Waals surface area contributed by atoms with Gasteiger partial charge in [0, 0.05) is 71.6 Å². The fourth-order valence-corrected chi connectivity index (χ4v) is 6.20. The van der Waals surface area contributed by atoms with Gasteiger partial charge in [-0.15, -0.1) is 0 Å². The number of rotatable bonds is 19. The number of hydrogen-bond acceptors (Lipinski definition) is 15. The van der Waals surface area contributed by atoms with E-state index in [2.05, 4.69) is 0 Å². The Hall–Kier alpha value is -5.96. The van der Waals surface area contributed by atoms with Crippen molar-refractivity contribution in [2.75, 3.05) is 41.2 Å². The maximum absolute atomic E-state index is 12.5. The van der Waals surface area contributed by atoms with Crippen LogP contribution in [0.1, 0.15) is 58.2 Å². The molecule has 0 heterocycles. The highest BCUT2D eigenvalue weighted by molar-refractivity contribution is 5.84. The lowest BCUT2D eigenvalue weighted by molar-refractivity contribution is -0.148. The molecule has 0 aromatic heterocycles. The molecule has 57 heavy (non-hydrogen) atoms. The van der Waals surface area contributed by atoms with Crippen LogP contribution in [0.25, 0.3) is 5.57 Å². The molecule has 0 N–H and O–H groups in total. The lowest BCUT2D eigenvalue weighted by Crippen LogP contribution is -2.34. The number of allylic oxidation sites excluding steroid dienone is 3. The van der Waals surface area contributed by atoms with Gasteiger partial charge in [-0.1, -0.05) is 12.1 Å². The monoisotopic (exact) mass is 794 g/mol. The second-order valence-electron chi connectivity index (χ2n) is 13.1. The van der Waals surface area contributed by atoms with E-state index in [4.69, 9.17) is 42.6 Å². The first-order valence-corrected chi connectivity index (χ1v) is 18.0. The highest BCUT2D eigenvalue weighted by atomic mass is 16.6. The summed E-state index contributed by atoms with van der Waals surface area (Å²) in [6.07, 6.45) is 5.52. The highest BCUT2D eigenvalue weighted by Crippen LogP contribution is 2.43. The molecule has 15 heteroatoms. The minimum atomic E-state index is -1.01. The first-order chi connectivity index (χ1) is 27.0. The third-order valence-corrected chi connectivity index (χ3v) is 8.58. The summed E-state index contributed by atoms with van der Waals surface area (Å²) in [7, 11) is 4.30. The van der Waals surface area contributed by atoms with Gasteiger partial charge >= 0.3 is 35.8 Å². The van der Waals surface area contributed by atoms with Crippen LogP contribution < -0.4 is 18.9 Å². The zero-order valence-electron chi connectivity index (χ0n) is 33.7. The van der Waals surface area contributed by atoms with E-state index < -0.39 is 59.9 Å². The summed E-state index contributed by atoms with van der Waals surface area (Å²) in [5, 5.41) is 0. The largest absolute Gasteiger partial charge is 0.493 e. The highest BCUT2D eigenvalue weighted by Gasteiger charge is 2.35. The van der Waals surface area contributed by atoms with Crippen LogP contribution in [-0.2, 0) is 65.3 Å². The fraction of sp³-hybridized carbons (Fsp3) is 0.429. The Labute approximate surface area is 331 Å². The predicted molar refractivity (Wildman–Crippen MR) is 204 cm³/mol. The van der Waals surface area contributed by atoms with E-state index in [1.807, 2.05) is 0 Å². The molecule has 0 bridgehead atoms. The average Bonchev–Trinajstić information content (AvgIpc) is 3.14. The molecule has 1 aliphatic carbocycles. The molecule has 0 amide bonds. The Bertz CT molecular complexity index is 1890. The van der Waals surface area contributed by atoms with E-state index in [0.717, 1.165) is 5.56 Å². The zero-order valence-corrected chi connectivity index (χ0v) is 33.7. The van der Waals surface area contributed by atoms with Gasteiger partial charge in [-0.2, -0.15) is 0 Å². The molecule has 0 saturated heterocycles. The van der Waals surface area contributed by atoms with Gasteiger partial charge in [-0.25, -0.2) is 0 Å². The number of carbonyl (C=O) groups is 6. The van der Waals surface area contributed by atoms with Gasteiger partial charge in [0.25, 0.3) is 0 Å². The summed E-state index contributed by atoms with van der Waals surface area (Å²) in [6, 6.07) is 8.49. The normalized spacial score (nSPS) is 15.9. The van der Waals surface area contributed by atoms with Gasteiger partial charge in [0.15, 0.2) is 29.1 Å². The number of hydrogen-bond donors (Lipinski definition) is 0. The summed E-state index contributed by atoms with van der Waals surface area (Å²) in [6.45, 7) is 7.53. The number of carbonyl (C=O) groups excluding carboxylic acids is 6. The Balaban J connectivity index is 2.24. The average molecular weight is 795 g/mol. The molecule has 0 fully saturated rings. The van der Waals surface area contributed by atoms with Crippen LogP contribution in [-0.4, -0.2) is 89.2 Å². The van der Waals surface area contributed by atoms with Gasteiger partial charge in [-0.3, -0.25) is 28.8 Å². The van der Waals surface area contributed by atoms with Crippen LogP contribution in [0.2, 0.25) is 0 Å². The van der Waals surface area contributed by atoms with Gasteiger partial charge in [0.05, 0.1) is 27.4 Å². The van der Waals surface area contributed by atoms with E-state index in [1.54, 1.807) is 54.6 Å². The molecule has 0 saturated carbocycles. The molecule has 15 nitrogen and oxygen atoms in total. The predicted octanol–water partition coefficient (Wildman–Crippen LogP) is 5.09. The Morgan fingerprint density at radius 1 is 0.649 bits per heavy atom. The minimum absolute atomic E-state index is 0.00419. The van der Waals surface area contributed by atoms with Gasteiger partial charge in [0.2, 0.25) is 0 Å². The van der Waals surface area contributed by atoms with Crippen LogP contribution in [0.4, 0.5) is 0 Å². The van der Waals surface area contributed by atoms with Crippen LogP contribution in [0.15, 0.2) is 60.2 Å². The van der Waals surface area contributed by atoms with Crippen molar-refractivity contribution in [1.29, 1.82) is 0 Å². The number of methoxy groups -OCH3 is 3. The molecule has 3 rings (SSSR count). The van der Waals surface area contributed by atoms with Crippen molar-refractivity contribution in [3.63, 3.8) is 0 Å². The van der Waals surface area contributed by atoms with Crippen molar-refractivity contribution < 1.29 is 71.4 Å². The topological polar surface area (TPSA) is 185 Å². The molecule has 4 atom stereocenters. The van der Waals surface area contributed by atoms with Crippen molar-refractivity contribution >= 4 is 41.4 Å². The van der Waals surface area contributed by atoms with Gasteiger partial charge in [-0.05, 0) is 72.0 Å². The SMILES string of the molecule is COc1cc(CC(COC(C)=O)C(COC(C)=O)Cc2cc(OC)c(OC(C)=O)c(C3=CC(C=CCOC(C)=O)=CC(OC)C3OC(C)=O)c2)ccc1OC(C)=O. The van der Waals surface area contributed by atoms with Gasteiger partial charge in [0.1, 0.15) is 12.7 Å². The summed E-state index contributed by atoms with van der Waals surface area (Å²) in [5.41, 5.74) is 2.72. The number of esters is 6. The number of benzene rings is 2. The lowest BCUT2D eigenvalue weighted by Gasteiger charge is -2.31. The van der Waals surface area contributed by atoms with Crippen molar-refractivity contribution in [3.05, 3.63) is 76.9 Å². The van der Waals surface area contributed by atoms with E-state index in [0.29, 0.717) is 34.4 Å². The molecular weight excluding hydrogens is 744 g/mol. The Kier molecular flexibility index (Phi) is 17.5. The first-order valence-electron chi connectivity index (χ1n) is 18.0. The summed E-state index contributed by atoms with van der Waals surface area (Å²) >= 11 is 0. The maximum Gasteiger partial charge on any atom is 0.308 e. The molecule has 4 unspecified atom stereocenters. The zero-order chi connectivity index (χ0) is 42.2. The summed E-state index contributed by atoms with van der Waals surface area (Å²) < 4.78 is 49.9. The van der Waals surface area contributed by atoms with Crippen LogP contribution in [0.3, 0.4) is 0 Å². The maximum atomic E-state index is 12.5. The molecule has 0 radical (unpaired) electrons. The number of ether oxygens (including phenoxy) is 9. The molecule has 2 aromatic rings. The molecule has 0 spiro atoms.